The molecule has 2 rings (SSSR count). The van der Waals surface area contributed by atoms with Crippen molar-refractivity contribution in [2.24, 2.45) is 0 Å². The SMILES string of the molecule is CC(C)(C)OC(=O)N1CCCC1C(=O)Oc1ccccc1[N+](=O)[O-]. The molecule has 1 aliphatic rings. The maximum absolute atomic E-state index is 12.4. The Labute approximate surface area is 139 Å². The zero-order valence-electron chi connectivity index (χ0n) is 13.9. The number of ether oxygens (including phenoxy) is 2. The molecule has 0 N–H and O–H groups in total. The maximum Gasteiger partial charge on any atom is 0.411 e. The molecule has 0 aromatic heterocycles. The van der Waals surface area contributed by atoms with Gasteiger partial charge in [0.1, 0.15) is 11.6 Å². The van der Waals surface area contributed by atoms with Crippen LogP contribution in [0.5, 0.6) is 5.75 Å². The van der Waals surface area contributed by atoms with Gasteiger partial charge in [-0.3, -0.25) is 15.0 Å². The van der Waals surface area contributed by atoms with E-state index in [2.05, 4.69) is 0 Å². The summed E-state index contributed by atoms with van der Waals surface area (Å²) in [6.07, 6.45) is 0.471. The van der Waals surface area contributed by atoms with Gasteiger partial charge >= 0.3 is 17.7 Å². The van der Waals surface area contributed by atoms with Crippen molar-refractivity contribution in [3.63, 3.8) is 0 Å². The first kappa shape index (κ1) is 17.7. The van der Waals surface area contributed by atoms with Crippen LogP contribution in [0.3, 0.4) is 0 Å². The summed E-state index contributed by atoms with van der Waals surface area (Å²) in [5.74, 6) is -0.837. The standard InChI is InChI=1S/C16H20N2O6/c1-16(2,3)24-15(20)17-10-6-8-12(17)14(19)23-13-9-5-4-7-11(13)18(21)22/h4-5,7,9,12H,6,8,10H2,1-3H3. The van der Waals surface area contributed by atoms with Crippen LogP contribution in [0.25, 0.3) is 0 Å². The van der Waals surface area contributed by atoms with Gasteiger partial charge < -0.3 is 9.47 Å². The zero-order chi connectivity index (χ0) is 17.9. The first-order chi connectivity index (χ1) is 11.2. The average molecular weight is 336 g/mol. The van der Waals surface area contributed by atoms with Crippen molar-refractivity contribution in [1.29, 1.82) is 0 Å². The monoisotopic (exact) mass is 336 g/mol. The maximum atomic E-state index is 12.4. The van der Waals surface area contributed by atoms with E-state index in [0.717, 1.165) is 0 Å². The number of nitro benzene ring substituents is 1. The molecule has 1 amide bonds. The number of rotatable bonds is 3. The lowest BCUT2D eigenvalue weighted by molar-refractivity contribution is -0.385. The van der Waals surface area contributed by atoms with Gasteiger partial charge in [-0.1, -0.05) is 12.1 Å². The molecule has 1 aromatic carbocycles. The average Bonchev–Trinajstić information content (AvgIpc) is 2.95. The number of amides is 1. The van der Waals surface area contributed by atoms with E-state index in [1.165, 1.54) is 29.2 Å². The molecule has 1 fully saturated rings. The van der Waals surface area contributed by atoms with Gasteiger partial charge in [0, 0.05) is 12.6 Å². The van der Waals surface area contributed by atoms with Gasteiger partial charge in [0.2, 0.25) is 5.75 Å². The van der Waals surface area contributed by atoms with Crippen LogP contribution < -0.4 is 4.74 Å². The highest BCUT2D eigenvalue weighted by atomic mass is 16.6. The quantitative estimate of drug-likeness (QED) is 0.364. The zero-order valence-corrected chi connectivity index (χ0v) is 13.9. The third-order valence-electron chi connectivity index (χ3n) is 3.43. The lowest BCUT2D eigenvalue weighted by Crippen LogP contribution is -2.44. The van der Waals surface area contributed by atoms with Crippen molar-refractivity contribution in [3.8, 4) is 5.75 Å². The van der Waals surface area contributed by atoms with E-state index in [0.29, 0.717) is 19.4 Å². The Morgan fingerprint density at radius 1 is 1.29 bits per heavy atom. The fourth-order valence-electron chi connectivity index (χ4n) is 2.42. The molecule has 1 aromatic rings. The van der Waals surface area contributed by atoms with E-state index < -0.39 is 28.6 Å². The molecule has 1 saturated heterocycles. The number of carbonyl (C=O) groups excluding carboxylic acids is 2. The van der Waals surface area contributed by atoms with E-state index in [9.17, 15) is 19.7 Å². The predicted molar refractivity (Wildman–Crippen MR) is 84.7 cm³/mol. The molecule has 0 spiro atoms. The summed E-state index contributed by atoms with van der Waals surface area (Å²) in [5, 5.41) is 11.0. The normalized spacial score (nSPS) is 17.5. The van der Waals surface area contributed by atoms with Gasteiger partial charge in [-0.05, 0) is 39.7 Å². The highest BCUT2D eigenvalue weighted by molar-refractivity contribution is 5.84. The number of esters is 1. The highest BCUT2D eigenvalue weighted by Gasteiger charge is 2.38. The van der Waals surface area contributed by atoms with Crippen molar-refractivity contribution in [1.82, 2.24) is 4.90 Å². The Morgan fingerprint density at radius 3 is 2.58 bits per heavy atom. The molecule has 0 bridgehead atoms. The summed E-state index contributed by atoms with van der Waals surface area (Å²) < 4.78 is 10.5. The molecule has 0 saturated carbocycles. The number of likely N-dealkylation sites (tertiary alicyclic amines) is 1. The molecule has 24 heavy (non-hydrogen) atoms. The van der Waals surface area contributed by atoms with E-state index in [4.69, 9.17) is 9.47 Å². The summed E-state index contributed by atoms with van der Waals surface area (Å²) in [6, 6.07) is 4.82. The largest absolute Gasteiger partial charge is 0.444 e. The van der Waals surface area contributed by atoms with Crippen LogP contribution in [0.2, 0.25) is 0 Å². The highest BCUT2D eigenvalue weighted by Crippen LogP contribution is 2.28. The van der Waals surface area contributed by atoms with Crippen molar-refractivity contribution < 1.29 is 24.0 Å². The molecule has 0 radical (unpaired) electrons. The fraction of sp³-hybridized carbons (Fsp3) is 0.500. The number of carbonyl (C=O) groups is 2. The van der Waals surface area contributed by atoms with Crippen LogP contribution in [0, 0.1) is 10.1 Å². The summed E-state index contributed by atoms with van der Waals surface area (Å²) in [7, 11) is 0. The fourth-order valence-corrected chi connectivity index (χ4v) is 2.42. The summed E-state index contributed by atoms with van der Waals surface area (Å²) in [4.78, 5) is 36.2. The van der Waals surface area contributed by atoms with E-state index in [1.807, 2.05) is 0 Å². The van der Waals surface area contributed by atoms with Gasteiger partial charge in [0.25, 0.3) is 0 Å². The lowest BCUT2D eigenvalue weighted by Gasteiger charge is -2.27. The van der Waals surface area contributed by atoms with Crippen LogP contribution in [0.4, 0.5) is 10.5 Å². The Bertz CT molecular complexity index is 652. The minimum Gasteiger partial charge on any atom is -0.444 e. The van der Waals surface area contributed by atoms with Crippen molar-refractivity contribution in [3.05, 3.63) is 34.4 Å². The van der Waals surface area contributed by atoms with Crippen LogP contribution in [-0.2, 0) is 9.53 Å². The van der Waals surface area contributed by atoms with Gasteiger partial charge in [-0.2, -0.15) is 0 Å². The summed E-state index contributed by atoms with van der Waals surface area (Å²) in [6.45, 7) is 5.59. The molecule has 130 valence electrons. The van der Waals surface area contributed by atoms with Crippen LogP contribution in [-0.4, -0.2) is 40.1 Å². The van der Waals surface area contributed by atoms with E-state index >= 15 is 0 Å². The molecular weight excluding hydrogens is 316 g/mol. The third-order valence-corrected chi connectivity index (χ3v) is 3.43. The number of nitrogens with zero attached hydrogens (tertiary/aromatic N) is 2. The first-order valence-corrected chi connectivity index (χ1v) is 7.64. The second kappa shape index (κ2) is 6.86. The van der Waals surface area contributed by atoms with Gasteiger partial charge in [-0.15, -0.1) is 0 Å². The minimum absolute atomic E-state index is 0.136. The number of para-hydroxylation sites is 2. The Balaban J connectivity index is 2.12. The molecule has 1 atom stereocenters. The van der Waals surface area contributed by atoms with Crippen LogP contribution in [0.1, 0.15) is 33.6 Å². The van der Waals surface area contributed by atoms with Gasteiger partial charge in [-0.25, -0.2) is 9.59 Å². The second-order valence-corrected chi connectivity index (χ2v) is 6.48. The van der Waals surface area contributed by atoms with Crippen LogP contribution in [0.15, 0.2) is 24.3 Å². The smallest absolute Gasteiger partial charge is 0.411 e. The van der Waals surface area contributed by atoms with Gasteiger partial charge in [0.15, 0.2) is 0 Å². The third kappa shape index (κ3) is 4.21. The Morgan fingerprint density at radius 2 is 1.96 bits per heavy atom. The number of nitro groups is 1. The molecule has 1 unspecified atom stereocenters. The second-order valence-electron chi connectivity index (χ2n) is 6.48. The van der Waals surface area contributed by atoms with E-state index in [-0.39, 0.29) is 11.4 Å². The van der Waals surface area contributed by atoms with Crippen molar-refractivity contribution in [2.45, 2.75) is 45.3 Å². The van der Waals surface area contributed by atoms with Crippen molar-refractivity contribution >= 4 is 17.7 Å². The molecule has 8 nitrogen and oxygen atoms in total. The van der Waals surface area contributed by atoms with Gasteiger partial charge in [0.05, 0.1) is 4.92 Å². The summed E-state index contributed by atoms with van der Waals surface area (Å²) >= 11 is 0. The molecule has 1 aliphatic heterocycles. The van der Waals surface area contributed by atoms with Crippen molar-refractivity contribution in [2.75, 3.05) is 6.54 Å². The summed E-state index contributed by atoms with van der Waals surface area (Å²) in [5.41, 5.74) is -0.973. The Kier molecular flexibility index (Phi) is 5.06. The molecule has 1 heterocycles. The topological polar surface area (TPSA) is 99.0 Å². The molecule has 8 heteroatoms. The lowest BCUT2D eigenvalue weighted by atomic mass is 10.2. The Hall–Kier alpha value is -2.64. The minimum atomic E-state index is -0.806. The van der Waals surface area contributed by atoms with E-state index in [1.54, 1.807) is 20.8 Å². The predicted octanol–water partition coefficient (Wildman–Crippen LogP) is 2.90. The van der Waals surface area contributed by atoms with Crippen LogP contribution >= 0.6 is 0 Å². The number of benzene rings is 1. The molecule has 0 aliphatic carbocycles. The number of hydrogen-bond donors (Lipinski definition) is 0. The molecular formula is C16H20N2O6. The first-order valence-electron chi connectivity index (χ1n) is 7.64. The number of hydrogen-bond acceptors (Lipinski definition) is 6.